The number of furan rings is 1. The molecule has 1 aliphatic rings. The van der Waals surface area contributed by atoms with Gasteiger partial charge in [0.1, 0.15) is 16.0 Å². The van der Waals surface area contributed by atoms with Gasteiger partial charge >= 0.3 is 0 Å². The van der Waals surface area contributed by atoms with E-state index in [1.165, 1.54) is 17.5 Å². The van der Waals surface area contributed by atoms with E-state index in [-0.39, 0.29) is 11.6 Å². The van der Waals surface area contributed by atoms with Gasteiger partial charge in [0.2, 0.25) is 0 Å². The van der Waals surface area contributed by atoms with Crippen LogP contribution in [-0.2, 0) is 7.05 Å². The number of likely N-dealkylation sites (tertiary alicyclic amines) is 1. The van der Waals surface area contributed by atoms with E-state index in [2.05, 4.69) is 31.2 Å². The average Bonchev–Trinajstić information content (AvgIpc) is 3.19. The van der Waals surface area contributed by atoms with E-state index in [0.717, 1.165) is 24.6 Å². The second-order valence-corrected chi connectivity index (χ2v) is 6.68. The van der Waals surface area contributed by atoms with Crippen molar-refractivity contribution in [3.63, 3.8) is 0 Å². The molecule has 1 unspecified atom stereocenters. The maximum Gasteiger partial charge on any atom is 0.282 e. The van der Waals surface area contributed by atoms with Crippen LogP contribution in [0, 0.1) is 6.92 Å². The van der Waals surface area contributed by atoms with E-state index in [1.807, 2.05) is 19.1 Å². The van der Waals surface area contributed by atoms with Crippen molar-refractivity contribution in [2.45, 2.75) is 25.8 Å². The summed E-state index contributed by atoms with van der Waals surface area (Å²) < 4.78 is 7.66. The first-order valence-electron chi connectivity index (χ1n) is 7.82. The molecule has 2 aromatic rings. The van der Waals surface area contributed by atoms with Crippen LogP contribution >= 0.6 is 15.9 Å². The van der Waals surface area contributed by atoms with E-state index in [9.17, 15) is 4.79 Å². The third-order valence-corrected chi connectivity index (χ3v) is 5.00. The Labute approximate surface area is 143 Å². The number of anilines is 1. The zero-order valence-corrected chi connectivity index (χ0v) is 15.0. The van der Waals surface area contributed by atoms with Gasteiger partial charge in [-0.05, 0) is 60.9 Å². The number of nitrogens with zero attached hydrogens (tertiary/aromatic N) is 3. The summed E-state index contributed by atoms with van der Waals surface area (Å²) in [5, 5.41) is 7.41. The zero-order chi connectivity index (χ0) is 16.4. The maximum atomic E-state index is 11.9. The van der Waals surface area contributed by atoms with Gasteiger partial charge in [0.05, 0.1) is 17.9 Å². The van der Waals surface area contributed by atoms with Crippen molar-refractivity contribution in [2.75, 3.05) is 25.0 Å². The molecular weight excluding hydrogens is 360 g/mol. The molecule has 23 heavy (non-hydrogen) atoms. The second kappa shape index (κ2) is 6.88. The lowest BCUT2D eigenvalue weighted by Gasteiger charge is -2.26. The lowest BCUT2D eigenvalue weighted by molar-refractivity contribution is 0.223. The van der Waals surface area contributed by atoms with Crippen molar-refractivity contribution in [1.29, 1.82) is 0 Å². The number of hydrogen-bond acceptors (Lipinski definition) is 5. The van der Waals surface area contributed by atoms with Crippen molar-refractivity contribution < 1.29 is 4.42 Å². The quantitative estimate of drug-likeness (QED) is 0.863. The summed E-state index contributed by atoms with van der Waals surface area (Å²) in [6, 6.07) is 4.19. The van der Waals surface area contributed by atoms with Crippen molar-refractivity contribution in [1.82, 2.24) is 14.7 Å². The summed E-state index contributed by atoms with van der Waals surface area (Å²) >= 11 is 3.35. The first-order chi connectivity index (χ1) is 11.1. The minimum absolute atomic E-state index is 0.151. The van der Waals surface area contributed by atoms with Crippen LogP contribution in [0.15, 0.2) is 32.0 Å². The largest absolute Gasteiger partial charge is 0.465 e. The van der Waals surface area contributed by atoms with Gasteiger partial charge in [-0.15, -0.1) is 0 Å². The molecule has 1 fully saturated rings. The fourth-order valence-corrected chi connectivity index (χ4v) is 3.44. The van der Waals surface area contributed by atoms with Crippen LogP contribution in [0.25, 0.3) is 0 Å². The molecule has 7 heteroatoms. The summed E-state index contributed by atoms with van der Waals surface area (Å²) in [6.07, 6.45) is 4.10. The number of rotatable bonds is 5. The first kappa shape index (κ1) is 16.3. The van der Waals surface area contributed by atoms with Gasteiger partial charge in [0.25, 0.3) is 5.56 Å². The maximum absolute atomic E-state index is 11.9. The number of hydrogen-bond donors (Lipinski definition) is 1. The SMILES string of the molecule is Cc1ccc(C(CNc2cnn(C)c(=O)c2Br)N2CCCC2)o1. The molecule has 0 bridgehead atoms. The van der Waals surface area contributed by atoms with Crippen LogP contribution < -0.4 is 10.9 Å². The van der Waals surface area contributed by atoms with Crippen LogP contribution in [0.1, 0.15) is 30.4 Å². The molecule has 1 aliphatic heterocycles. The van der Waals surface area contributed by atoms with Gasteiger partial charge in [-0.2, -0.15) is 5.10 Å². The van der Waals surface area contributed by atoms with Crippen molar-refractivity contribution in [3.8, 4) is 0 Å². The third kappa shape index (κ3) is 3.50. The molecule has 0 aromatic carbocycles. The van der Waals surface area contributed by atoms with E-state index in [0.29, 0.717) is 16.7 Å². The van der Waals surface area contributed by atoms with Crippen LogP contribution in [0.3, 0.4) is 0 Å². The van der Waals surface area contributed by atoms with E-state index >= 15 is 0 Å². The standard InChI is InChI=1S/C16H21BrN4O2/c1-11-5-6-14(23-11)13(21-7-3-4-8-21)10-18-12-9-19-20(2)16(22)15(12)17/h5-6,9,13,18H,3-4,7-8,10H2,1-2H3. The summed E-state index contributed by atoms with van der Waals surface area (Å²) in [5.41, 5.74) is 0.558. The number of nitrogens with one attached hydrogen (secondary N) is 1. The highest BCUT2D eigenvalue weighted by Gasteiger charge is 2.26. The van der Waals surface area contributed by atoms with Gasteiger partial charge in [0.15, 0.2) is 0 Å². The van der Waals surface area contributed by atoms with Crippen molar-refractivity contribution in [2.24, 2.45) is 7.05 Å². The fraction of sp³-hybridized carbons (Fsp3) is 0.500. The summed E-state index contributed by atoms with van der Waals surface area (Å²) in [6.45, 7) is 4.77. The highest BCUT2D eigenvalue weighted by atomic mass is 79.9. The molecule has 6 nitrogen and oxygen atoms in total. The molecule has 1 saturated heterocycles. The van der Waals surface area contributed by atoms with Crippen molar-refractivity contribution >= 4 is 21.6 Å². The molecule has 0 radical (unpaired) electrons. The Morgan fingerprint density at radius 2 is 2.13 bits per heavy atom. The summed E-state index contributed by atoms with van der Waals surface area (Å²) in [4.78, 5) is 14.4. The predicted molar refractivity (Wildman–Crippen MR) is 92.7 cm³/mol. The Morgan fingerprint density at radius 1 is 1.39 bits per heavy atom. The minimum Gasteiger partial charge on any atom is -0.465 e. The van der Waals surface area contributed by atoms with Gasteiger partial charge in [-0.25, -0.2) is 4.68 Å². The Morgan fingerprint density at radius 3 is 2.78 bits per heavy atom. The topological polar surface area (TPSA) is 63.3 Å². The smallest absolute Gasteiger partial charge is 0.282 e. The molecular formula is C16H21BrN4O2. The molecule has 1 N–H and O–H groups in total. The molecule has 2 aromatic heterocycles. The predicted octanol–water partition coefficient (Wildman–Crippen LogP) is 2.69. The number of aryl methyl sites for hydroxylation is 2. The van der Waals surface area contributed by atoms with Gasteiger partial charge < -0.3 is 9.73 Å². The molecule has 3 rings (SSSR count). The highest BCUT2D eigenvalue weighted by Crippen LogP contribution is 2.27. The normalized spacial score (nSPS) is 16.7. The summed E-state index contributed by atoms with van der Waals surface area (Å²) in [5.74, 6) is 1.88. The van der Waals surface area contributed by atoms with Gasteiger partial charge in [-0.3, -0.25) is 9.69 Å². The number of aromatic nitrogens is 2. The number of halogens is 1. The first-order valence-corrected chi connectivity index (χ1v) is 8.61. The molecule has 1 atom stereocenters. The van der Waals surface area contributed by atoms with Crippen LogP contribution in [0.5, 0.6) is 0 Å². The molecule has 3 heterocycles. The lowest BCUT2D eigenvalue weighted by Crippen LogP contribution is -2.31. The molecule has 0 spiro atoms. The Balaban J connectivity index is 1.79. The van der Waals surface area contributed by atoms with Gasteiger partial charge in [-0.1, -0.05) is 0 Å². The molecule has 0 saturated carbocycles. The molecule has 0 amide bonds. The monoisotopic (exact) mass is 380 g/mol. The third-order valence-electron chi connectivity index (χ3n) is 4.24. The Hall–Kier alpha value is -1.60. The second-order valence-electron chi connectivity index (χ2n) is 5.89. The summed E-state index contributed by atoms with van der Waals surface area (Å²) in [7, 11) is 1.63. The molecule has 0 aliphatic carbocycles. The minimum atomic E-state index is -0.151. The van der Waals surface area contributed by atoms with Crippen molar-refractivity contribution in [3.05, 3.63) is 44.7 Å². The van der Waals surface area contributed by atoms with E-state index in [4.69, 9.17) is 4.42 Å². The fourth-order valence-electron chi connectivity index (χ4n) is 2.94. The van der Waals surface area contributed by atoms with Crippen LogP contribution in [0.4, 0.5) is 5.69 Å². The van der Waals surface area contributed by atoms with E-state index in [1.54, 1.807) is 13.2 Å². The van der Waals surface area contributed by atoms with Crippen LogP contribution in [-0.4, -0.2) is 34.3 Å². The Bertz CT molecular complexity index is 734. The Kier molecular flexibility index (Phi) is 4.87. The zero-order valence-electron chi connectivity index (χ0n) is 13.4. The highest BCUT2D eigenvalue weighted by molar-refractivity contribution is 9.10. The van der Waals surface area contributed by atoms with E-state index < -0.39 is 0 Å². The molecule has 124 valence electrons. The van der Waals surface area contributed by atoms with Gasteiger partial charge in [0, 0.05) is 13.6 Å². The average molecular weight is 381 g/mol. The van der Waals surface area contributed by atoms with Crippen LogP contribution in [0.2, 0.25) is 0 Å². The lowest BCUT2D eigenvalue weighted by atomic mass is 10.2.